The van der Waals surface area contributed by atoms with Gasteiger partial charge in [0, 0.05) is 50.6 Å². The van der Waals surface area contributed by atoms with Crippen LogP contribution in [0.3, 0.4) is 0 Å². The molecule has 0 saturated heterocycles. The third-order valence-corrected chi connectivity index (χ3v) is 9.89. The molecular formula is C39H44N4O10. The number of carbonyl (C=O) groups excluding carboxylic acids is 3. The van der Waals surface area contributed by atoms with E-state index in [0.717, 1.165) is 16.3 Å². The van der Waals surface area contributed by atoms with Gasteiger partial charge in [-0.2, -0.15) is 0 Å². The zero-order valence-electron chi connectivity index (χ0n) is 30.5. The molecule has 2 atom stereocenters. The number of aliphatic carboxylic acids is 1. The number of carboxylic acid groups (broad SMARTS) is 1. The topological polar surface area (TPSA) is 160 Å². The van der Waals surface area contributed by atoms with Gasteiger partial charge in [-0.05, 0) is 61.3 Å². The number of hydrogen-bond donors (Lipinski definition) is 2. The molecule has 4 aromatic rings. The number of nitrogens with one attached hydrogen (secondary N) is 1. The first-order valence-electron chi connectivity index (χ1n) is 17.5. The minimum absolute atomic E-state index is 0.152. The Kier molecular flexibility index (Phi) is 11.0. The predicted octanol–water partition coefficient (Wildman–Crippen LogP) is 6.25. The van der Waals surface area contributed by atoms with E-state index in [1.807, 2.05) is 30.3 Å². The van der Waals surface area contributed by atoms with Gasteiger partial charge in [0.05, 0.1) is 38.5 Å². The van der Waals surface area contributed by atoms with Crippen LogP contribution in [0, 0.1) is 5.92 Å². The molecule has 2 unspecified atom stereocenters. The van der Waals surface area contributed by atoms with Gasteiger partial charge in [0.25, 0.3) is 5.91 Å². The first-order chi connectivity index (χ1) is 25.5. The lowest BCUT2D eigenvalue weighted by atomic mass is 9.93. The van der Waals surface area contributed by atoms with Crippen LogP contribution in [0.25, 0.3) is 21.7 Å². The summed E-state index contributed by atoms with van der Waals surface area (Å²) >= 11 is 0. The van der Waals surface area contributed by atoms with Gasteiger partial charge in [-0.1, -0.05) is 30.3 Å². The van der Waals surface area contributed by atoms with Crippen molar-refractivity contribution in [1.29, 1.82) is 0 Å². The van der Waals surface area contributed by atoms with Crippen LogP contribution in [0.4, 0.5) is 15.3 Å². The second kappa shape index (κ2) is 15.8. The summed E-state index contributed by atoms with van der Waals surface area (Å²) in [4.78, 5) is 59.4. The molecule has 1 aromatic heterocycles. The van der Waals surface area contributed by atoms with Gasteiger partial charge >= 0.3 is 18.2 Å². The Morgan fingerprint density at radius 1 is 0.868 bits per heavy atom. The number of benzene rings is 3. The number of ether oxygens (including phenoxy) is 5. The highest BCUT2D eigenvalue weighted by molar-refractivity contribution is 6.11. The number of fused-ring (bicyclic) bond motifs is 4. The smallest absolute Gasteiger partial charge is 0.415 e. The lowest BCUT2D eigenvalue weighted by Gasteiger charge is -2.25. The van der Waals surface area contributed by atoms with Gasteiger partial charge in [0.2, 0.25) is 5.75 Å². The fraction of sp³-hybridized carbons (Fsp3) is 0.385. The molecule has 3 aromatic carbocycles. The molecule has 2 heterocycles. The number of allylic oxidation sites excluding steroid dienone is 1. The fourth-order valence-corrected chi connectivity index (χ4v) is 6.91. The van der Waals surface area contributed by atoms with Crippen LogP contribution in [-0.2, 0) is 16.0 Å². The van der Waals surface area contributed by atoms with Crippen molar-refractivity contribution in [2.45, 2.75) is 38.2 Å². The van der Waals surface area contributed by atoms with Crippen LogP contribution >= 0.6 is 0 Å². The summed E-state index contributed by atoms with van der Waals surface area (Å²) in [6.07, 6.45) is 4.52. The van der Waals surface area contributed by atoms with Crippen molar-refractivity contribution in [1.82, 2.24) is 14.8 Å². The summed E-state index contributed by atoms with van der Waals surface area (Å²) < 4.78 is 28.2. The van der Waals surface area contributed by atoms with Gasteiger partial charge in [0.1, 0.15) is 17.5 Å². The van der Waals surface area contributed by atoms with Crippen molar-refractivity contribution < 1.29 is 48.0 Å². The number of amides is 3. The second-order valence-corrected chi connectivity index (χ2v) is 13.2. The van der Waals surface area contributed by atoms with Crippen molar-refractivity contribution in [2.24, 2.45) is 5.92 Å². The van der Waals surface area contributed by atoms with E-state index in [4.69, 9.17) is 23.7 Å². The van der Waals surface area contributed by atoms with Crippen molar-refractivity contribution >= 4 is 51.4 Å². The molecule has 0 bridgehead atoms. The highest BCUT2D eigenvalue weighted by Gasteiger charge is 2.31. The third kappa shape index (κ3) is 7.52. The number of carbonyl (C=O) groups is 4. The number of H-pyrrole nitrogens is 1. The first-order valence-corrected chi connectivity index (χ1v) is 17.5. The number of anilines is 1. The molecule has 0 fully saturated rings. The van der Waals surface area contributed by atoms with Gasteiger partial charge in [-0.3, -0.25) is 9.59 Å². The van der Waals surface area contributed by atoms with E-state index >= 15 is 0 Å². The summed E-state index contributed by atoms with van der Waals surface area (Å²) in [6.45, 7) is 0.742. The average Bonchev–Trinajstić information content (AvgIpc) is 3.78. The number of nitrogens with zero attached hydrogens (tertiary/aromatic N) is 3. The number of hydrogen-bond acceptors (Lipinski definition) is 9. The number of likely N-dealkylation sites (N-methyl/N-ethyl adjacent to an activating group) is 2. The Morgan fingerprint density at radius 2 is 1.58 bits per heavy atom. The summed E-state index contributed by atoms with van der Waals surface area (Å²) in [5.41, 5.74) is 2.54. The van der Waals surface area contributed by atoms with E-state index in [-0.39, 0.29) is 19.0 Å². The van der Waals surface area contributed by atoms with E-state index in [1.165, 1.54) is 31.1 Å². The molecule has 0 spiro atoms. The molecule has 0 radical (unpaired) electrons. The first kappa shape index (κ1) is 36.9. The monoisotopic (exact) mass is 728 g/mol. The number of aromatic nitrogens is 1. The largest absolute Gasteiger partial charge is 0.493 e. The standard InChI is InChI=1S/C39H44N4O10/c1-41(38(47)52-25-11-7-6-10-23(14-15-25)37(45)46)18-19-42(2)39(48)53-31-22-30-27(26-12-8-9-13-28(26)31)16-17-43(30)36(44)29-20-24-21-32(49-3)34(50-4)35(51-5)33(24)40-29/h7-9,11-13,20-23,25,40H,6,10,14-19H2,1-5H3,(H,45,46)/b11-7+. The minimum atomic E-state index is -0.841. The summed E-state index contributed by atoms with van der Waals surface area (Å²) in [5.74, 6) is 0.0107. The van der Waals surface area contributed by atoms with Crippen molar-refractivity contribution in [2.75, 3.05) is 60.0 Å². The summed E-state index contributed by atoms with van der Waals surface area (Å²) in [7, 11) is 7.72. The van der Waals surface area contributed by atoms with Crippen LogP contribution in [0.2, 0.25) is 0 Å². The van der Waals surface area contributed by atoms with Gasteiger partial charge in [-0.25, -0.2) is 9.59 Å². The Labute approximate surface area is 306 Å². The van der Waals surface area contributed by atoms with Crippen molar-refractivity contribution in [3.05, 3.63) is 65.9 Å². The molecule has 3 amide bonds. The molecule has 6 rings (SSSR count). The van der Waals surface area contributed by atoms with Gasteiger partial charge in [-0.15, -0.1) is 0 Å². The van der Waals surface area contributed by atoms with E-state index in [2.05, 4.69) is 4.98 Å². The quantitative estimate of drug-likeness (QED) is 0.179. The number of carboxylic acids is 1. The van der Waals surface area contributed by atoms with Crippen molar-refractivity contribution in [3.63, 3.8) is 0 Å². The SMILES string of the molecule is COc1cc2cc(C(=O)N3CCc4c3cc(OC(=O)N(C)CCN(C)C(=O)OC3/C=C/CCC(C(=O)O)CC3)c3ccccc43)[nH]c2c(OC)c1OC. The third-order valence-electron chi connectivity index (χ3n) is 9.89. The van der Waals surface area contributed by atoms with E-state index < -0.39 is 30.2 Å². The maximum Gasteiger partial charge on any atom is 0.415 e. The zero-order valence-corrected chi connectivity index (χ0v) is 30.5. The molecule has 1 aliphatic carbocycles. The second-order valence-electron chi connectivity index (χ2n) is 13.2. The number of aromatic amines is 1. The minimum Gasteiger partial charge on any atom is -0.493 e. The number of methoxy groups -OCH3 is 3. The number of rotatable bonds is 10. The van der Waals surface area contributed by atoms with E-state index in [0.29, 0.717) is 83.9 Å². The maximum absolute atomic E-state index is 14.1. The van der Waals surface area contributed by atoms with E-state index in [1.54, 1.807) is 43.3 Å². The van der Waals surface area contributed by atoms with E-state index in [9.17, 15) is 24.3 Å². The molecule has 1 aliphatic heterocycles. The molecule has 0 saturated carbocycles. The predicted molar refractivity (Wildman–Crippen MR) is 198 cm³/mol. The zero-order chi connectivity index (χ0) is 37.8. The van der Waals surface area contributed by atoms with Crippen molar-refractivity contribution in [3.8, 4) is 23.0 Å². The molecular weight excluding hydrogens is 684 g/mol. The summed E-state index contributed by atoms with van der Waals surface area (Å²) in [6, 6.07) is 12.8. The lowest BCUT2D eigenvalue weighted by Crippen LogP contribution is -2.39. The maximum atomic E-state index is 14.1. The van der Waals surface area contributed by atoms with Crippen LogP contribution in [0.5, 0.6) is 23.0 Å². The molecule has 2 aliphatic rings. The lowest BCUT2D eigenvalue weighted by molar-refractivity contribution is -0.142. The van der Waals surface area contributed by atoms with Crippen LogP contribution in [0.15, 0.2) is 54.6 Å². The molecule has 53 heavy (non-hydrogen) atoms. The van der Waals surface area contributed by atoms with Crippen LogP contribution in [0.1, 0.15) is 41.7 Å². The van der Waals surface area contributed by atoms with Gasteiger partial charge in [0.15, 0.2) is 11.5 Å². The van der Waals surface area contributed by atoms with Crippen LogP contribution in [-0.4, -0.2) is 105 Å². The molecule has 280 valence electrons. The fourth-order valence-electron chi connectivity index (χ4n) is 6.91. The Balaban J connectivity index is 1.16. The highest BCUT2D eigenvalue weighted by atomic mass is 16.6. The molecule has 2 N–H and O–H groups in total. The van der Waals surface area contributed by atoms with Crippen LogP contribution < -0.4 is 23.8 Å². The normalized spacial score (nSPS) is 17.3. The van der Waals surface area contributed by atoms with Gasteiger partial charge < -0.3 is 48.5 Å². The Bertz CT molecular complexity index is 2070. The highest BCUT2D eigenvalue weighted by Crippen LogP contribution is 2.44. The molecule has 14 heteroatoms. The molecule has 14 nitrogen and oxygen atoms in total. The Morgan fingerprint density at radius 3 is 2.28 bits per heavy atom. The summed E-state index contributed by atoms with van der Waals surface area (Å²) in [5, 5.41) is 11.7. The Hall–Kier alpha value is -5.92. The average molecular weight is 729 g/mol.